The molecule has 2 fully saturated rings. The van der Waals surface area contributed by atoms with Crippen molar-refractivity contribution < 1.29 is 102 Å². The molecular weight excluding hydrogens is 1080 g/mol. The number of ketones is 1. The van der Waals surface area contributed by atoms with E-state index in [1.54, 1.807) is 13.8 Å². The molecule has 0 unspecified atom stereocenters. The molecular formula is C50H54N6O25. The van der Waals surface area contributed by atoms with Crippen molar-refractivity contribution >= 4 is 58.4 Å². The number of aliphatic hydroxyl groups is 2. The number of β-amino-alcohol motifs (C(OH)–C–C–N with tert-alkyl or cyclic N) is 2. The maximum atomic E-state index is 13.3. The second-order valence-electron chi connectivity index (χ2n) is 17.5. The summed E-state index contributed by atoms with van der Waals surface area (Å²) in [6, 6.07) is 8.71. The number of non-ortho nitro benzene ring substituents is 1. The van der Waals surface area contributed by atoms with E-state index in [1.807, 2.05) is 0 Å². The number of carbonyl (C=O) groups is 5. The summed E-state index contributed by atoms with van der Waals surface area (Å²) < 4.78 is 37.5. The quantitative estimate of drug-likeness (QED) is 0.0402. The number of aliphatic hydroxyl groups excluding tert-OH is 2. The number of likely N-dealkylation sites (tertiary alicyclic amines) is 2. The number of carboxylic acid groups (broad SMARTS) is 1. The Bertz CT molecular complexity index is 3090. The minimum atomic E-state index is -1.40. The molecule has 31 heteroatoms. The fraction of sp³-hybridized carbons (Fsp3) is 0.400. The summed E-state index contributed by atoms with van der Waals surface area (Å²) in [7, 11) is 3.82. The van der Waals surface area contributed by atoms with Crippen LogP contribution < -0.4 is 28.4 Å². The monoisotopic (exact) mass is 1140 g/mol. The zero-order valence-corrected chi connectivity index (χ0v) is 44.1. The number of carboxylic acids is 1. The minimum Gasteiger partial charge on any atom is -0.493 e. The average molecular weight is 1140 g/mol. The maximum absolute atomic E-state index is 13.3. The Labute approximate surface area is 458 Å². The van der Waals surface area contributed by atoms with Crippen LogP contribution in [0.1, 0.15) is 74.8 Å². The molecule has 0 bridgehead atoms. The number of carbonyl (C=O) groups excluding carboxylic acids is 6. The summed E-state index contributed by atoms with van der Waals surface area (Å²) in [6.45, 7) is 4.22. The lowest BCUT2D eigenvalue weighted by Gasteiger charge is -2.23. The number of nitrogens with zero attached hydrogens (tertiary/aromatic N) is 6. The first-order chi connectivity index (χ1) is 38.3. The molecule has 4 atom stereocenters. The van der Waals surface area contributed by atoms with Gasteiger partial charge in [-0.2, -0.15) is 9.59 Å². The van der Waals surface area contributed by atoms with Crippen molar-refractivity contribution in [3.05, 3.63) is 123 Å². The van der Waals surface area contributed by atoms with Crippen molar-refractivity contribution in [3.8, 4) is 34.5 Å². The number of rotatable bonds is 23. The fourth-order valence-electron chi connectivity index (χ4n) is 8.32. The van der Waals surface area contributed by atoms with E-state index in [0.717, 1.165) is 41.2 Å². The summed E-state index contributed by atoms with van der Waals surface area (Å²) in [6.07, 6.45) is -1.21. The molecule has 2 saturated heterocycles. The van der Waals surface area contributed by atoms with Gasteiger partial charge >= 0.3 is 18.1 Å². The second kappa shape index (κ2) is 29.2. The Kier molecular flexibility index (Phi) is 23.0. The second-order valence-corrected chi connectivity index (χ2v) is 17.5. The summed E-state index contributed by atoms with van der Waals surface area (Å²) in [5.74, 6) is -3.38. The van der Waals surface area contributed by atoms with Gasteiger partial charge in [-0.15, -0.1) is 0 Å². The molecule has 0 radical (unpaired) electrons. The predicted molar refractivity (Wildman–Crippen MR) is 272 cm³/mol. The smallest absolute Gasteiger partial charge is 0.373 e. The number of benzene rings is 4. The lowest BCUT2D eigenvalue weighted by atomic mass is 10.1. The van der Waals surface area contributed by atoms with Gasteiger partial charge in [0.05, 0.1) is 110 Å². The van der Waals surface area contributed by atoms with Crippen LogP contribution >= 0.6 is 0 Å². The highest BCUT2D eigenvalue weighted by Crippen LogP contribution is 2.38. The van der Waals surface area contributed by atoms with Gasteiger partial charge in [0.15, 0.2) is 28.8 Å². The number of nitro benzene ring substituents is 4. The van der Waals surface area contributed by atoms with Crippen molar-refractivity contribution in [2.24, 2.45) is 0 Å². The van der Waals surface area contributed by atoms with Crippen LogP contribution in [0.4, 0.5) is 22.7 Å². The van der Waals surface area contributed by atoms with Gasteiger partial charge in [-0.3, -0.25) is 54.8 Å². The van der Waals surface area contributed by atoms with Crippen LogP contribution in [0, 0.1) is 54.3 Å². The van der Waals surface area contributed by atoms with Crippen LogP contribution in [-0.4, -0.2) is 166 Å². The third-order valence-electron chi connectivity index (χ3n) is 12.1. The first-order valence-electron chi connectivity index (χ1n) is 23.9. The number of esters is 1. The van der Waals surface area contributed by atoms with Gasteiger partial charge in [0.25, 0.3) is 34.6 Å². The summed E-state index contributed by atoms with van der Waals surface area (Å²) >= 11 is 0. The third kappa shape index (κ3) is 16.3. The molecule has 4 aromatic rings. The number of Topliss-reactive ketones (excluding diaryl/α,β-unsaturated/α-hetero) is 1. The molecule has 0 saturated carbocycles. The Morgan fingerprint density at radius 2 is 0.963 bits per heavy atom. The number of aromatic carboxylic acids is 1. The highest BCUT2D eigenvalue weighted by Gasteiger charge is 2.43. The molecule has 2 heterocycles. The standard InChI is InChI=1S/C31H36N4O14.C18H18N2O9.CO2/c1-16-8-20(29(39)33-15-19(38)10-25(33)31(41)47-4)23(34(42)43)12-26(16)48-6-5-7-49-28-13-24(35(44)45)21(11-27(28)46-3)30(40)32-14-18(37)9-22(32)17(2)36;1-11-8-13(18(21)22)14(20(25)26)10-16(11)28-6-3-7-29-17-9-12(19(23)24)4-5-15(17)27-2;2-1-3/h8,11-13,18-19,22,25,37-38H,5-7,9-10,14-15H2,1-4H3;4-5,8-10H,3,6-7H2,1-2H3,(H,21,22);/t18-,19-,22+,25+;;/m1../s1. The molecule has 6 rings (SSSR count). The van der Waals surface area contributed by atoms with Gasteiger partial charge in [0.1, 0.15) is 34.2 Å². The van der Waals surface area contributed by atoms with E-state index in [2.05, 4.69) is 0 Å². The Hall–Kier alpha value is -9.87. The number of amides is 2. The van der Waals surface area contributed by atoms with E-state index in [1.165, 1.54) is 51.5 Å². The van der Waals surface area contributed by atoms with Gasteiger partial charge in [0, 0.05) is 50.9 Å². The normalized spacial score (nSPS) is 16.0. The highest BCUT2D eigenvalue weighted by molar-refractivity contribution is 6.02. The minimum absolute atomic E-state index is 0.000623. The highest BCUT2D eigenvalue weighted by atomic mass is 16.6. The number of nitro groups is 4. The molecule has 2 aliphatic heterocycles. The van der Waals surface area contributed by atoms with Crippen LogP contribution in [-0.2, 0) is 23.9 Å². The molecule has 3 N–H and O–H groups in total. The van der Waals surface area contributed by atoms with Gasteiger partial charge in [-0.05, 0) is 50.1 Å². The molecule has 0 spiro atoms. The van der Waals surface area contributed by atoms with Crippen molar-refractivity contribution in [1.82, 2.24) is 9.80 Å². The van der Waals surface area contributed by atoms with Crippen LogP contribution in [0.5, 0.6) is 34.5 Å². The number of methoxy groups -OCH3 is 3. The Morgan fingerprint density at radius 3 is 1.38 bits per heavy atom. The number of hydrogen-bond acceptors (Lipinski definition) is 24. The average Bonchev–Trinajstić information content (AvgIpc) is 4.08. The number of hydrogen-bond donors (Lipinski definition) is 3. The molecule has 2 aliphatic rings. The van der Waals surface area contributed by atoms with Crippen molar-refractivity contribution in [2.45, 2.75) is 70.7 Å². The van der Waals surface area contributed by atoms with E-state index in [0.29, 0.717) is 23.3 Å². The van der Waals surface area contributed by atoms with Crippen LogP contribution in [0.15, 0.2) is 54.6 Å². The Balaban J connectivity index is 0.000000374. The Morgan fingerprint density at radius 1 is 0.568 bits per heavy atom. The van der Waals surface area contributed by atoms with E-state index in [9.17, 15) is 74.6 Å². The van der Waals surface area contributed by atoms with E-state index >= 15 is 0 Å². The third-order valence-corrected chi connectivity index (χ3v) is 12.1. The van der Waals surface area contributed by atoms with Gasteiger partial charge in [0.2, 0.25) is 0 Å². The van der Waals surface area contributed by atoms with Gasteiger partial charge in [-0.1, -0.05) is 0 Å². The van der Waals surface area contributed by atoms with Gasteiger partial charge < -0.3 is 58.3 Å². The molecule has 31 nitrogen and oxygen atoms in total. The number of aryl methyl sites for hydroxylation is 2. The zero-order valence-electron chi connectivity index (χ0n) is 44.1. The molecule has 81 heavy (non-hydrogen) atoms. The molecule has 0 aliphatic carbocycles. The van der Waals surface area contributed by atoms with Crippen LogP contribution in [0.25, 0.3) is 0 Å². The van der Waals surface area contributed by atoms with Crippen molar-refractivity contribution in [3.63, 3.8) is 0 Å². The van der Waals surface area contributed by atoms with Crippen molar-refractivity contribution in [1.29, 1.82) is 0 Å². The molecule has 0 aromatic heterocycles. The van der Waals surface area contributed by atoms with Crippen LogP contribution in [0.2, 0.25) is 0 Å². The molecule has 2 amide bonds. The fourth-order valence-corrected chi connectivity index (χ4v) is 8.32. The van der Waals surface area contributed by atoms with E-state index in [4.69, 9.17) is 47.9 Å². The van der Waals surface area contributed by atoms with Gasteiger partial charge in [-0.25, -0.2) is 9.59 Å². The van der Waals surface area contributed by atoms with E-state index in [-0.39, 0.29) is 116 Å². The topological polar surface area (TPSA) is 424 Å². The SMILES string of the molecule is COC(=O)[C@@H]1C[C@@H](O)CN1C(=O)c1cc(C)c(OCCCOc2cc([N+](=O)[O-])c(C(=O)N3C[C@H](O)C[C@H]3C(C)=O)cc2OC)cc1[N+](=O)[O-].COc1ccc([N+](=O)[O-])cc1OCCCOc1cc([N+](=O)[O-])c(C(=O)O)cc1C.O=C=O. The molecule has 434 valence electrons. The van der Waals surface area contributed by atoms with Crippen molar-refractivity contribution in [2.75, 3.05) is 60.8 Å². The molecule has 4 aromatic carbocycles. The lowest BCUT2D eigenvalue weighted by molar-refractivity contribution is -0.385. The maximum Gasteiger partial charge on any atom is 0.373 e. The summed E-state index contributed by atoms with van der Waals surface area (Å²) in [5.41, 5.74) is -2.12. The first kappa shape index (κ1) is 63.7. The lowest BCUT2D eigenvalue weighted by Crippen LogP contribution is -2.41. The zero-order chi connectivity index (χ0) is 60.4. The largest absolute Gasteiger partial charge is 0.493 e. The van der Waals surface area contributed by atoms with Crippen LogP contribution in [0.3, 0.4) is 0 Å². The first-order valence-corrected chi connectivity index (χ1v) is 23.9. The number of ether oxygens (including phenoxy) is 7. The van der Waals surface area contributed by atoms with E-state index < -0.39 is 90.4 Å². The summed E-state index contributed by atoms with van der Waals surface area (Å²) in [5, 5.41) is 74.9. The predicted octanol–water partition coefficient (Wildman–Crippen LogP) is 4.36. The summed E-state index contributed by atoms with van der Waals surface area (Å²) in [4.78, 5) is 123.